The van der Waals surface area contributed by atoms with E-state index < -0.39 is 10.0 Å². The fraction of sp³-hybridized carbons (Fsp3) is 0.438. The van der Waals surface area contributed by atoms with Gasteiger partial charge < -0.3 is 4.90 Å². The first-order valence-electron chi connectivity index (χ1n) is 8.01. The van der Waals surface area contributed by atoms with E-state index in [4.69, 9.17) is 11.6 Å². The van der Waals surface area contributed by atoms with E-state index in [9.17, 15) is 8.42 Å². The topological polar surface area (TPSA) is 58.4 Å². The Morgan fingerprint density at radius 3 is 2.56 bits per heavy atom. The van der Waals surface area contributed by atoms with Crippen molar-refractivity contribution in [2.24, 2.45) is 7.05 Å². The average molecular weight is 448 g/mol. The number of benzene rings is 1. The lowest BCUT2D eigenvalue weighted by Crippen LogP contribution is -2.49. The van der Waals surface area contributed by atoms with Crippen LogP contribution in [0.2, 0.25) is 5.02 Å². The number of rotatable bonds is 5. The summed E-state index contributed by atoms with van der Waals surface area (Å²) in [6.45, 7) is 3.28. The molecule has 0 saturated carbocycles. The van der Waals surface area contributed by atoms with Gasteiger partial charge in [-0.2, -0.15) is 9.40 Å². The number of sulfonamides is 1. The zero-order chi connectivity index (χ0) is 18.0. The van der Waals surface area contributed by atoms with Crippen LogP contribution in [0.3, 0.4) is 0 Å². The van der Waals surface area contributed by atoms with E-state index in [-0.39, 0.29) is 9.92 Å². The largest absolute Gasteiger partial charge is 0.300 e. The van der Waals surface area contributed by atoms with Crippen molar-refractivity contribution in [3.63, 3.8) is 0 Å². The summed E-state index contributed by atoms with van der Waals surface area (Å²) >= 11 is 9.43. The molecule has 0 amide bonds. The fourth-order valence-corrected chi connectivity index (χ4v) is 5.34. The molecule has 0 bridgehead atoms. The molecule has 1 saturated heterocycles. The standard InChI is InChI=1S/C16H20BrClN4O2S/c1-20-12-13(11-19-20)4-5-21-6-8-22(9-7-21)25(23,24)16-3-2-14(17)10-15(16)18/h2-3,10-12H,4-9H2,1H3. The number of nitrogens with zero attached hydrogens (tertiary/aromatic N) is 4. The molecule has 3 rings (SSSR count). The lowest BCUT2D eigenvalue weighted by molar-refractivity contribution is 0.190. The third kappa shape index (κ3) is 4.43. The highest BCUT2D eigenvalue weighted by Gasteiger charge is 2.30. The van der Waals surface area contributed by atoms with Crippen molar-refractivity contribution in [1.82, 2.24) is 19.0 Å². The van der Waals surface area contributed by atoms with Crippen molar-refractivity contribution >= 4 is 37.6 Å². The van der Waals surface area contributed by atoms with Crippen molar-refractivity contribution < 1.29 is 8.42 Å². The van der Waals surface area contributed by atoms with Gasteiger partial charge in [0.15, 0.2) is 0 Å². The molecule has 1 aliphatic rings. The van der Waals surface area contributed by atoms with Gasteiger partial charge in [-0.15, -0.1) is 0 Å². The van der Waals surface area contributed by atoms with Crippen LogP contribution < -0.4 is 0 Å². The second kappa shape index (κ2) is 7.75. The molecule has 1 aliphatic heterocycles. The summed E-state index contributed by atoms with van der Waals surface area (Å²) in [5.74, 6) is 0. The van der Waals surface area contributed by atoms with E-state index in [1.54, 1.807) is 22.9 Å². The second-order valence-electron chi connectivity index (χ2n) is 6.09. The Bertz CT molecular complexity index is 848. The average Bonchev–Trinajstić information content (AvgIpc) is 2.98. The summed E-state index contributed by atoms with van der Waals surface area (Å²) in [6, 6.07) is 4.86. The zero-order valence-electron chi connectivity index (χ0n) is 13.9. The van der Waals surface area contributed by atoms with Gasteiger partial charge in [-0.25, -0.2) is 8.42 Å². The van der Waals surface area contributed by atoms with E-state index in [2.05, 4.69) is 25.9 Å². The minimum Gasteiger partial charge on any atom is -0.300 e. The van der Waals surface area contributed by atoms with Crippen LogP contribution in [0.5, 0.6) is 0 Å². The van der Waals surface area contributed by atoms with Crippen LogP contribution in [0, 0.1) is 0 Å². The molecule has 2 aromatic rings. The predicted octanol–water partition coefficient (Wildman–Crippen LogP) is 2.39. The van der Waals surface area contributed by atoms with E-state index >= 15 is 0 Å². The Balaban J connectivity index is 1.59. The van der Waals surface area contributed by atoms with Gasteiger partial charge in [0, 0.05) is 50.4 Å². The summed E-state index contributed by atoms with van der Waals surface area (Å²) in [7, 11) is -1.65. The Morgan fingerprint density at radius 1 is 1.24 bits per heavy atom. The maximum atomic E-state index is 12.8. The van der Waals surface area contributed by atoms with E-state index in [1.165, 1.54) is 9.87 Å². The number of aromatic nitrogens is 2. The SMILES string of the molecule is Cn1cc(CCN2CCN(S(=O)(=O)c3ccc(Br)cc3Cl)CC2)cn1. The van der Waals surface area contributed by atoms with Crippen molar-refractivity contribution in [2.45, 2.75) is 11.3 Å². The third-order valence-corrected chi connectivity index (χ3v) is 7.19. The molecule has 0 unspecified atom stereocenters. The van der Waals surface area contributed by atoms with Crippen LogP contribution >= 0.6 is 27.5 Å². The van der Waals surface area contributed by atoms with Gasteiger partial charge in [0.1, 0.15) is 4.90 Å². The Kier molecular flexibility index (Phi) is 5.85. The lowest BCUT2D eigenvalue weighted by Gasteiger charge is -2.34. The Morgan fingerprint density at radius 2 is 1.96 bits per heavy atom. The van der Waals surface area contributed by atoms with Gasteiger partial charge in [0.05, 0.1) is 11.2 Å². The summed E-state index contributed by atoms with van der Waals surface area (Å²) in [4.78, 5) is 2.45. The summed E-state index contributed by atoms with van der Waals surface area (Å²) in [5, 5.41) is 4.41. The predicted molar refractivity (Wildman–Crippen MR) is 101 cm³/mol. The van der Waals surface area contributed by atoms with E-state index in [0.29, 0.717) is 26.2 Å². The van der Waals surface area contributed by atoms with E-state index in [0.717, 1.165) is 17.4 Å². The monoisotopic (exact) mass is 446 g/mol. The first-order chi connectivity index (χ1) is 11.9. The van der Waals surface area contributed by atoms with Crippen molar-refractivity contribution in [1.29, 1.82) is 0 Å². The first-order valence-corrected chi connectivity index (χ1v) is 10.6. The van der Waals surface area contributed by atoms with Crippen LogP contribution in [0.25, 0.3) is 0 Å². The highest BCUT2D eigenvalue weighted by Crippen LogP contribution is 2.28. The maximum absolute atomic E-state index is 12.8. The number of halogens is 2. The molecular formula is C16H20BrClN4O2S. The van der Waals surface area contributed by atoms with Crippen molar-refractivity contribution in [3.05, 3.63) is 45.7 Å². The van der Waals surface area contributed by atoms with E-state index in [1.807, 2.05) is 19.4 Å². The van der Waals surface area contributed by atoms with Crippen molar-refractivity contribution in [3.8, 4) is 0 Å². The normalized spacial score (nSPS) is 17.1. The molecule has 9 heteroatoms. The number of hydrogen-bond donors (Lipinski definition) is 0. The molecule has 0 atom stereocenters. The molecule has 136 valence electrons. The number of aryl methyl sites for hydroxylation is 1. The van der Waals surface area contributed by atoms with Crippen LogP contribution in [0.4, 0.5) is 0 Å². The van der Waals surface area contributed by atoms with Gasteiger partial charge in [-0.1, -0.05) is 27.5 Å². The quantitative estimate of drug-likeness (QED) is 0.706. The fourth-order valence-electron chi connectivity index (χ4n) is 2.91. The molecule has 25 heavy (non-hydrogen) atoms. The van der Waals surface area contributed by atoms with Crippen LogP contribution in [-0.2, 0) is 23.5 Å². The molecule has 6 nitrogen and oxygen atoms in total. The van der Waals surface area contributed by atoms with Crippen LogP contribution in [-0.4, -0.2) is 60.1 Å². The van der Waals surface area contributed by atoms with Gasteiger partial charge >= 0.3 is 0 Å². The molecule has 1 aromatic carbocycles. The smallest absolute Gasteiger partial charge is 0.244 e. The molecule has 0 aliphatic carbocycles. The molecule has 1 aromatic heterocycles. The van der Waals surface area contributed by atoms with Gasteiger partial charge in [0.25, 0.3) is 0 Å². The molecule has 0 spiro atoms. The maximum Gasteiger partial charge on any atom is 0.244 e. The van der Waals surface area contributed by atoms with Crippen molar-refractivity contribution in [2.75, 3.05) is 32.7 Å². The van der Waals surface area contributed by atoms with Gasteiger partial charge in [-0.3, -0.25) is 4.68 Å². The molecule has 0 radical (unpaired) electrons. The highest BCUT2D eigenvalue weighted by molar-refractivity contribution is 9.10. The summed E-state index contributed by atoms with van der Waals surface area (Å²) in [5.41, 5.74) is 1.19. The number of piperazine rings is 1. The van der Waals surface area contributed by atoms with Gasteiger partial charge in [-0.05, 0) is 30.2 Å². The molecular weight excluding hydrogens is 428 g/mol. The first kappa shape index (κ1) is 18.8. The lowest BCUT2D eigenvalue weighted by atomic mass is 10.2. The highest BCUT2D eigenvalue weighted by atomic mass is 79.9. The van der Waals surface area contributed by atoms with Gasteiger partial charge in [0.2, 0.25) is 10.0 Å². The Hall–Kier alpha value is -0.930. The molecule has 1 fully saturated rings. The number of hydrogen-bond acceptors (Lipinski definition) is 4. The minimum atomic E-state index is -3.56. The third-order valence-electron chi connectivity index (χ3n) is 4.32. The Labute approximate surface area is 161 Å². The van der Waals surface area contributed by atoms with Crippen LogP contribution in [0.15, 0.2) is 40.0 Å². The summed E-state index contributed by atoms with van der Waals surface area (Å²) in [6.07, 6.45) is 4.80. The summed E-state index contributed by atoms with van der Waals surface area (Å²) < 4.78 is 29.7. The molecule has 2 heterocycles. The zero-order valence-corrected chi connectivity index (χ0v) is 17.1. The second-order valence-corrected chi connectivity index (χ2v) is 9.32. The molecule has 0 N–H and O–H groups in total. The van der Waals surface area contributed by atoms with Crippen LogP contribution in [0.1, 0.15) is 5.56 Å². The minimum absolute atomic E-state index is 0.168.